The summed E-state index contributed by atoms with van der Waals surface area (Å²) in [5.41, 5.74) is 0.720. The highest BCUT2D eigenvalue weighted by atomic mass is 19.4. The summed E-state index contributed by atoms with van der Waals surface area (Å²) in [5, 5.41) is 5.50. The first-order valence-corrected chi connectivity index (χ1v) is 13.4. The maximum atomic E-state index is 14.2. The first kappa shape index (κ1) is 28.7. The van der Waals surface area contributed by atoms with Crippen LogP contribution in [0.5, 0.6) is 0 Å². The normalized spacial score (nSPS) is 17.5. The van der Waals surface area contributed by atoms with E-state index in [2.05, 4.69) is 17.2 Å². The number of nitrogens with zero attached hydrogens (tertiary/aromatic N) is 2. The summed E-state index contributed by atoms with van der Waals surface area (Å²) in [5.74, 6) is -1.03. The molecule has 3 aromatic rings. The lowest BCUT2D eigenvalue weighted by atomic mass is 9.91. The highest BCUT2D eigenvalue weighted by Crippen LogP contribution is 2.42. The van der Waals surface area contributed by atoms with Gasteiger partial charge in [-0.15, -0.1) is 6.58 Å². The number of amides is 4. The number of carbonyl (C=O) groups excluding carboxylic acids is 3. The predicted octanol–water partition coefficient (Wildman–Crippen LogP) is 4.98. The van der Waals surface area contributed by atoms with Crippen LogP contribution in [-0.4, -0.2) is 46.8 Å². The van der Waals surface area contributed by atoms with E-state index in [0.29, 0.717) is 0 Å². The van der Waals surface area contributed by atoms with E-state index in [0.717, 1.165) is 17.2 Å². The van der Waals surface area contributed by atoms with Crippen molar-refractivity contribution in [2.45, 2.75) is 31.2 Å². The molecule has 0 fully saturated rings. The fourth-order valence-electron chi connectivity index (χ4n) is 5.41. The van der Waals surface area contributed by atoms with Gasteiger partial charge in [0.2, 0.25) is 5.91 Å². The Morgan fingerprint density at radius 2 is 1.60 bits per heavy atom. The minimum Gasteiger partial charge on any atom is -0.350 e. The molecule has 5 rings (SSSR count). The van der Waals surface area contributed by atoms with Gasteiger partial charge in [-0.25, -0.2) is 4.79 Å². The third-order valence-electron chi connectivity index (χ3n) is 7.40. The van der Waals surface area contributed by atoms with E-state index in [9.17, 15) is 27.6 Å². The molecule has 0 radical (unpaired) electrons. The Balaban J connectivity index is 1.53. The van der Waals surface area contributed by atoms with Crippen molar-refractivity contribution in [1.29, 1.82) is 0 Å². The van der Waals surface area contributed by atoms with Crippen LogP contribution >= 0.6 is 0 Å². The second-order valence-corrected chi connectivity index (χ2v) is 10.1. The molecule has 4 amide bonds. The van der Waals surface area contributed by atoms with Crippen molar-refractivity contribution >= 4 is 17.8 Å². The molecule has 0 unspecified atom stereocenters. The van der Waals surface area contributed by atoms with Crippen LogP contribution in [0, 0.1) is 0 Å². The van der Waals surface area contributed by atoms with Gasteiger partial charge in [-0.2, -0.15) is 13.2 Å². The van der Waals surface area contributed by atoms with Gasteiger partial charge in [0.15, 0.2) is 0 Å². The Morgan fingerprint density at radius 1 is 0.976 bits per heavy atom. The first-order valence-electron chi connectivity index (χ1n) is 13.4. The fraction of sp³-hybridized carbons (Fsp3) is 0.219. The number of halogens is 3. The van der Waals surface area contributed by atoms with Crippen molar-refractivity contribution in [2.75, 3.05) is 13.1 Å². The summed E-state index contributed by atoms with van der Waals surface area (Å²) < 4.78 is 42.0. The lowest BCUT2D eigenvalue weighted by Crippen LogP contribution is -2.49. The second-order valence-electron chi connectivity index (χ2n) is 10.1. The molecule has 3 aromatic carbocycles. The summed E-state index contributed by atoms with van der Waals surface area (Å²) in [6.45, 7) is 3.81. The quantitative estimate of drug-likeness (QED) is 0.354. The van der Waals surface area contributed by atoms with E-state index in [1.807, 2.05) is 60.7 Å². The topological polar surface area (TPSA) is 81.8 Å². The molecule has 0 aromatic heterocycles. The van der Waals surface area contributed by atoms with Gasteiger partial charge < -0.3 is 15.5 Å². The largest absolute Gasteiger partial charge is 0.416 e. The number of hydrogen-bond acceptors (Lipinski definition) is 3. The number of nitrogens with one attached hydrogen (secondary N) is 2. The van der Waals surface area contributed by atoms with Gasteiger partial charge >= 0.3 is 12.2 Å². The second kappa shape index (κ2) is 11.9. The Hall–Kier alpha value is -4.86. The molecule has 2 atom stereocenters. The van der Waals surface area contributed by atoms with Crippen molar-refractivity contribution < 1.29 is 27.6 Å². The molecule has 42 heavy (non-hydrogen) atoms. The van der Waals surface area contributed by atoms with Crippen LogP contribution in [0.2, 0.25) is 0 Å². The van der Waals surface area contributed by atoms with E-state index in [4.69, 9.17) is 0 Å². The Morgan fingerprint density at radius 3 is 2.24 bits per heavy atom. The Bertz CT molecular complexity index is 1520. The van der Waals surface area contributed by atoms with Crippen LogP contribution in [0.15, 0.2) is 109 Å². The molecular formula is C32H29F3N4O3. The lowest BCUT2D eigenvalue weighted by molar-refractivity contribution is -0.138. The van der Waals surface area contributed by atoms with Crippen molar-refractivity contribution in [3.63, 3.8) is 0 Å². The number of benzene rings is 3. The maximum absolute atomic E-state index is 14.2. The summed E-state index contributed by atoms with van der Waals surface area (Å²) in [4.78, 5) is 43.6. The van der Waals surface area contributed by atoms with E-state index in [-0.39, 0.29) is 42.9 Å². The van der Waals surface area contributed by atoms with Crippen LogP contribution < -0.4 is 10.6 Å². The molecule has 2 heterocycles. The molecule has 10 heteroatoms. The van der Waals surface area contributed by atoms with Gasteiger partial charge in [0.25, 0.3) is 5.91 Å². The molecule has 0 spiro atoms. The molecule has 0 saturated heterocycles. The van der Waals surface area contributed by atoms with Crippen LogP contribution in [0.1, 0.15) is 28.3 Å². The molecular weight excluding hydrogens is 545 g/mol. The monoisotopic (exact) mass is 574 g/mol. The standard InChI is InChI=1S/C32H29F3N4O3/c1-2-17-38-26-20-39(25(18-21-11-5-3-6-12-21)29(40)36-19-22-13-7-4-8-14-22)30(41)27(26)28(37-31(38)42)23-15-9-10-16-24(23)32(33,34)35/h2-16,25,28H,1,17-20H2,(H,36,40)(H,37,42)/t25-,28+/m0/s1. The minimum atomic E-state index is -4.71. The predicted molar refractivity (Wildman–Crippen MR) is 151 cm³/mol. The summed E-state index contributed by atoms with van der Waals surface area (Å²) in [7, 11) is 0. The Labute approximate surface area is 241 Å². The molecule has 2 N–H and O–H groups in total. The Kier molecular flexibility index (Phi) is 8.15. The summed E-state index contributed by atoms with van der Waals surface area (Å²) in [6, 6.07) is 20.3. The number of carbonyl (C=O) groups is 3. The van der Waals surface area contributed by atoms with Crippen LogP contribution in [0.3, 0.4) is 0 Å². The zero-order valence-corrected chi connectivity index (χ0v) is 22.6. The molecule has 7 nitrogen and oxygen atoms in total. The van der Waals surface area contributed by atoms with Crippen LogP contribution in [-0.2, 0) is 28.7 Å². The molecule has 0 aliphatic carbocycles. The van der Waals surface area contributed by atoms with Crippen molar-refractivity contribution in [3.05, 3.63) is 131 Å². The number of rotatable bonds is 9. The third-order valence-corrected chi connectivity index (χ3v) is 7.40. The highest BCUT2D eigenvalue weighted by molar-refractivity contribution is 6.03. The lowest BCUT2D eigenvalue weighted by Gasteiger charge is -2.33. The molecule has 0 bridgehead atoms. The van der Waals surface area contributed by atoms with Gasteiger partial charge in [-0.3, -0.25) is 14.5 Å². The maximum Gasteiger partial charge on any atom is 0.416 e. The fourth-order valence-corrected chi connectivity index (χ4v) is 5.41. The minimum absolute atomic E-state index is 0.00192. The van der Waals surface area contributed by atoms with Crippen LogP contribution in [0.25, 0.3) is 0 Å². The van der Waals surface area contributed by atoms with Crippen LogP contribution in [0.4, 0.5) is 18.0 Å². The molecule has 0 saturated carbocycles. The van der Waals surface area contributed by atoms with Gasteiger partial charge in [-0.05, 0) is 22.8 Å². The van der Waals surface area contributed by atoms with Gasteiger partial charge in [0, 0.05) is 19.5 Å². The van der Waals surface area contributed by atoms with E-state index >= 15 is 0 Å². The zero-order valence-electron chi connectivity index (χ0n) is 22.6. The number of hydrogen-bond donors (Lipinski definition) is 2. The van der Waals surface area contributed by atoms with Gasteiger partial charge in [-0.1, -0.05) is 84.9 Å². The average molecular weight is 575 g/mol. The third kappa shape index (κ3) is 5.79. The highest BCUT2D eigenvalue weighted by Gasteiger charge is 2.48. The van der Waals surface area contributed by atoms with Crippen molar-refractivity contribution in [2.24, 2.45) is 0 Å². The number of urea groups is 1. The molecule has 2 aliphatic heterocycles. The first-order chi connectivity index (χ1) is 20.2. The van der Waals surface area contributed by atoms with Gasteiger partial charge in [0.05, 0.1) is 29.4 Å². The zero-order chi connectivity index (χ0) is 29.9. The van der Waals surface area contributed by atoms with Crippen molar-refractivity contribution in [3.8, 4) is 0 Å². The molecule has 216 valence electrons. The van der Waals surface area contributed by atoms with E-state index < -0.39 is 41.7 Å². The van der Waals surface area contributed by atoms with E-state index in [1.165, 1.54) is 34.1 Å². The SMILES string of the molecule is C=CCN1C(=O)N[C@H](c2ccccc2C(F)(F)F)C2=C1CN([C@@H](Cc1ccccc1)C(=O)NCc1ccccc1)C2=O. The van der Waals surface area contributed by atoms with Crippen molar-refractivity contribution in [1.82, 2.24) is 20.4 Å². The summed E-state index contributed by atoms with van der Waals surface area (Å²) >= 11 is 0. The average Bonchev–Trinajstić information content (AvgIpc) is 3.33. The number of alkyl halides is 3. The molecule has 2 aliphatic rings. The summed E-state index contributed by atoms with van der Waals surface area (Å²) in [6.07, 6.45) is -3.08. The van der Waals surface area contributed by atoms with Gasteiger partial charge in [0.1, 0.15) is 6.04 Å². The van der Waals surface area contributed by atoms with E-state index in [1.54, 1.807) is 0 Å². The smallest absolute Gasteiger partial charge is 0.350 e.